The van der Waals surface area contributed by atoms with E-state index in [1.165, 1.54) is 6.92 Å². The van der Waals surface area contributed by atoms with Crippen LogP contribution >= 0.6 is 0 Å². The van der Waals surface area contributed by atoms with E-state index >= 15 is 0 Å². The van der Waals surface area contributed by atoms with Crippen LogP contribution in [0, 0.1) is 0 Å². The standard InChI is InChI=1S/C10H21N3O4/c1-4(11)6(12)8-7(13)5(14)3-10(2,17-8)9(15)16/h4-8,14H,3,11-13H2,1-2H3,(H,15,16)/t4?,5-,6+,7?,8?,10-/m0/s1. The summed E-state index contributed by atoms with van der Waals surface area (Å²) in [5.74, 6) is -1.15. The van der Waals surface area contributed by atoms with Crippen molar-refractivity contribution in [2.75, 3.05) is 0 Å². The van der Waals surface area contributed by atoms with E-state index in [2.05, 4.69) is 0 Å². The minimum absolute atomic E-state index is 0.0638. The molecule has 100 valence electrons. The third-order valence-corrected chi connectivity index (χ3v) is 3.26. The van der Waals surface area contributed by atoms with Gasteiger partial charge in [0.1, 0.15) is 0 Å². The predicted molar refractivity (Wildman–Crippen MR) is 61.1 cm³/mol. The summed E-state index contributed by atoms with van der Waals surface area (Å²) in [4.78, 5) is 11.1. The van der Waals surface area contributed by atoms with Crippen molar-refractivity contribution in [1.29, 1.82) is 0 Å². The van der Waals surface area contributed by atoms with Gasteiger partial charge in [-0.25, -0.2) is 4.79 Å². The Labute approximate surface area is 99.9 Å². The summed E-state index contributed by atoms with van der Waals surface area (Å²) in [6.45, 7) is 3.07. The van der Waals surface area contributed by atoms with Crippen molar-refractivity contribution in [3.8, 4) is 0 Å². The summed E-state index contributed by atoms with van der Waals surface area (Å²) in [6.07, 6.45) is -1.81. The number of rotatable bonds is 3. The van der Waals surface area contributed by atoms with E-state index in [9.17, 15) is 9.90 Å². The molecule has 0 aromatic rings. The fraction of sp³-hybridized carbons (Fsp3) is 0.900. The monoisotopic (exact) mass is 247 g/mol. The first-order chi connectivity index (χ1) is 7.69. The SMILES string of the molecule is CC(N)[C@@H](N)C1O[C@](C)(C(=O)O)C[C@H](O)C1N. The maximum absolute atomic E-state index is 11.1. The Bertz CT molecular complexity index is 295. The van der Waals surface area contributed by atoms with Gasteiger partial charge in [0.05, 0.1) is 18.2 Å². The molecule has 7 nitrogen and oxygen atoms in total. The lowest BCUT2D eigenvalue weighted by molar-refractivity contribution is -0.199. The van der Waals surface area contributed by atoms with Crippen LogP contribution < -0.4 is 17.2 Å². The highest BCUT2D eigenvalue weighted by Crippen LogP contribution is 2.30. The molecule has 3 unspecified atom stereocenters. The Morgan fingerprint density at radius 2 is 2.06 bits per heavy atom. The molecule has 0 aromatic carbocycles. The van der Waals surface area contributed by atoms with Crippen molar-refractivity contribution >= 4 is 5.97 Å². The molecule has 1 heterocycles. The van der Waals surface area contributed by atoms with Gasteiger partial charge in [-0.1, -0.05) is 0 Å². The van der Waals surface area contributed by atoms with Crippen molar-refractivity contribution in [3.63, 3.8) is 0 Å². The lowest BCUT2D eigenvalue weighted by Gasteiger charge is -2.44. The quantitative estimate of drug-likeness (QED) is 0.387. The van der Waals surface area contributed by atoms with Gasteiger partial charge in [-0.15, -0.1) is 0 Å². The molecule has 0 amide bonds. The van der Waals surface area contributed by atoms with Gasteiger partial charge in [-0.3, -0.25) is 0 Å². The first-order valence-electron chi connectivity index (χ1n) is 5.55. The molecule has 1 aliphatic rings. The number of ether oxygens (including phenoxy) is 1. The first kappa shape index (κ1) is 14.3. The zero-order valence-electron chi connectivity index (χ0n) is 10.0. The number of aliphatic hydroxyl groups is 1. The molecule has 0 radical (unpaired) electrons. The smallest absolute Gasteiger partial charge is 0.335 e. The molecule has 0 aliphatic carbocycles. The molecular weight excluding hydrogens is 226 g/mol. The van der Waals surface area contributed by atoms with E-state index in [1.807, 2.05) is 0 Å². The van der Waals surface area contributed by atoms with Crippen LogP contribution in [0.5, 0.6) is 0 Å². The van der Waals surface area contributed by atoms with Crippen LogP contribution in [0.2, 0.25) is 0 Å². The number of hydrogen-bond acceptors (Lipinski definition) is 6. The summed E-state index contributed by atoms with van der Waals surface area (Å²) in [5.41, 5.74) is 15.8. The highest BCUT2D eigenvalue weighted by Gasteiger charge is 2.49. The molecule has 8 N–H and O–H groups in total. The minimum Gasteiger partial charge on any atom is -0.479 e. The molecule has 0 saturated carbocycles. The molecular formula is C10H21N3O4. The second-order valence-corrected chi connectivity index (χ2v) is 4.90. The van der Waals surface area contributed by atoms with Crippen molar-refractivity contribution in [1.82, 2.24) is 0 Å². The lowest BCUT2D eigenvalue weighted by atomic mass is 9.84. The first-order valence-corrected chi connectivity index (χ1v) is 5.55. The van der Waals surface area contributed by atoms with Gasteiger partial charge in [-0.05, 0) is 13.8 Å². The molecule has 6 atom stereocenters. The zero-order chi connectivity index (χ0) is 13.4. The second-order valence-electron chi connectivity index (χ2n) is 4.90. The average molecular weight is 247 g/mol. The fourth-order valence-electron chi connectivity index (χ4n) is 1.95. The zero-order valence-corrected chi connectivity index (χ0v) is 10.0. The van der Waals surface area contributed by atoms with Crippen LogP contribution in [-0.4, -0.2) is 52.1 Å². The largest absolute Gasteiger partial charge is 0.479 e. The van der Waals surface area contributed by atoms with Gasteiger partial charge in [0, 0.05) is 18.5 Å². The van der Waals surface area contributed by atoms with Gasteiger partial charge in [-0.2, -0.15) is 0 Å². The van der Waals surface area contributed by atoms with Crippen LogP contribution in [0.1, 0.15) is 20.3 Å². The number of carbonyl (C=O) groups is 1. The van der Waals surface area contributed by atoms with Crippen LogP contribution in [0.25, 0.3) is 0 Å². The second kappa shape index (κ2) is 4.87. The molecule has 1 fully saturated rings. The number of aliphatic hydroxyl groups excluding tert-OH is 1. The predicted octanol–water partition coefficient (Wildman–Crippen LogP) is -2.02. The third kappa shape index (κ3) is 2.75. The summed E-state index contributed by atoms with van der Waals surface area (Å²) in [6, 6.07) is -1.77. The maximum Gasteiger partial charge on any atom is 0.335 e. The topological polar surface area (TPSA) is 145 Å². The normalized spacial score (nSPS) is 41.9. The molecule has 1 saturated heterocycles. The van der Waals surface area contributed by atoms with Crippen LogP contribution in [0.3, 0.4) is 0 Å². The number of nitrogens with two attached hydrogens (primary N) is 3. The molecule has 1 aliphatic heterocycles. The molecule has 17 heavy (non-hydrogen) atoms. The van der Waals surface area contributed by atoms with Gasteiger partial charge in [0.25, 0.3) is 0 Å². The number of carboxylic acid groups (broad SMARTS) is 1. The van der Waals surface area contributed by atoms with Crippen molar-refractivity contribution in [3.05, 3.63) is 0 Å². The van der Waals surface area contributed by atoms with E-state index in [1.54, 1.807) is 6.92 Å². The van der Waals surface area contributed by atoms with E-state index in [0.717, 1.165) is 0 Å². The van der Waals surface area contributed by atoms with Crippen molar-refractivity contribution in [2.45, 2.75) is 56.2 Å². The van der Waals surface area contributed by atoms with Crippen molar-refractivity contribution in [2.24, 2.45) is 17.2 Å². The van der Waals surface area contributed by atoms with Crippen LogP contribution in [-0.2, 0) is 9.53 Å². The summed E-state index contributed by atoms with van der Waals surface area (Å²) in [5, 5.41) is 18.9. The van der Waals surface area contributed by atoms with Crippen molar-refractivity contribution < 1.29 is 19.7 Å². The van der Waals surface area contributed by atoms with E-state index in [0.29, 0.717) is 0 Å². The Kier molecular flexibility index (Phi) is 4.11. The molecule has 0 aromatic heterocycles. The Morgan fingerprint density at radius 1 is 1.53 bits per heavy atom. The number of carboxylic acids is 1. The third-order valence-electron chi connectivity index (χ3n) is 3.26. The van der Waals surface area contributed by atoms with Gasteiger partial charge >= 0.3 is 5.97 Å². The molecule has 7 heteroatoms. The highest BCUT2D eigenvalue weighted by atomic mass is 16.5. The lowest BCUT2D eigenvalue weighted by Crippen LogP contribution is -2.67. The van der Waals surface area contributed by atoms with E-state index in [-0.39, 0.29) is 6.42 Å². The van der Waals surface area contributed by atoms with Gasteiger partial charge in [0.15, 0.2) is 5.60 Å². The molecule has 0 bridgehead atoms. The summed E-state index contributed by atoms with van der Waals surface area (Å²) < 4.78 is 5.45. The Hall–Kier alpha value is -0.730. The van der Waals surface area contributed by atoms with E-state index < -0.39 is 41.9 Å². The maximum atomic E-state index is 11.1. The van der Waals surface area contributed by atoms with Gasteiger partial charge in [0.2, 0.25) is 0 Å². The van der Waals surface area contributed by atoms with Gasteiger partial charge < -0.3 is 32.2 Å². The molecule has 1 rings (SSSR count). The Balaban J connectivity index is 2.93. The van der Waals surface area contributed by atoms with Crippen LogP contribution in [0.15, 0.2) is 0 Å². The minimum atomic E-state index is -1.48. The van der Waals surface area contributed by atoms with Crippen LogP contribution in [0.4, 0.5) is 0 Å². The molecule has 0 spiro atoms. The Morgan fingerprint density at radius 3 is 2.47 bits per heavy atom. The fourth-order valence-corrected chi connectivity index (χ4v) is 1.95. The summed E-state index contributed by atoms with van der Waals surface area (Å²) in [7, 11) is 0. The summed E-state index contributed by atoms with van der Waals surface area (Å²) >= 11 is 0. The number of aliphatic carboxylic acids is 1. The number of hydrogen-bond donors (Lipinski definition) is 5. The van der Waals surface area contributed by atoms with E-state index in [4.69, 9.17) is 27.0 Å². The highest BCUT2D eigenvalue weighted by molar-refractivity contribution is 5.77. The average Bonchev–Trinajstić information content (AvgIpc) is 2.22.